The number of nitriles is 1. The summed E-state index contributed by atoms with van der Waals surface area (Å²) in [6.07, 6.45) is -0.660. The molecule has 0 unspecified atom stereocenters. The summed E-state index contributed by atoms with van der Waals surface area (Å²) in [5.74, 6) is -3.08. The first-order valence-electron chi connectivity index (χ1n) is 12.0. The lowest BCUT2D eigenvalue weighted by Gasteiger charge is -2.28. The summed E-state index contributed by atoms with van der Waals surface area (Å²) in [5.41, 5.74) is 8.49. The molecule has 2 aromatic heterocycles. The molecule has 2 atom stereocenters. The first kappa shape index (κ1) is 31.3. The highest BCUT2D eigenvalue weighted by Crippen LogP contribution is 2.29. The number of rotatable bonds is 6. The number of benzene rings is 1. The molecule has 41 heavy (non-hydrogen) atoms. The zero-order chi connectivity index (χ0) is 30.5. The second kappa shape index (κ2) is 12.5. The molecule has 0 saturated carbocycles. The predicted octanol–water partition coefficient (Wildman–Crippen LogP) is 2.02. The van der Waals surface area contributed by atoms with Crippen LogP contribution in [-0.2, 0) is 19.6 Å². The first-order chi connectivity index (χ1) is 19.2. The van der Waals surface area contributed by atoms with Crippen LogP contribution in [0.1, 0.15) is 35.3 Å². The number of aromatic nitrogens is 3. The quantitative estimate of drug-likeness (QED) is 0.326. The van der Waals surface area contributed by atoms with Gasteiger partial charge >= 0.3 is 12.1 Å². The lowest BCUT2D eigenvalue weighted by Crippen LogP contribution is -2.42. The van der Waals surface area contributed by atoms with Gasteiger partial charge in [-0.2, -0.15) is 18.4 Å². The highest BCUT2D eigenvalue weighted by molar-refractivity contribution is 7.89. The van der Waals surface area contributed by atoms with Crippen LogP contribution < -0.4 is 15.8 Å². The Morgan fingerprint density at radius 1 is 1.32 bits per heavy atom. The topological polar surface area (TPSA) is 202 Å². The van der Waals surface area contributed by atoms with Crippen molar-refractivity contribution in [1.82, 2.24) is 24.4 Å². The van der Waals surface area contributed by atoms with Gasteiger partial charge in [-0.3, -0.25) is 9.20 Å². The Labute approximate surface area is 232 Å². The van der Waals surface area contributed by atoms with Gasteiger partial charge in [0.1, 0.15) is 5.69 Å². The number of nitrogens with one attached hydrogen (secondary N) is 2. The fourth-order valence-electron chi connectivity index (χ4n) is 3.94. The van der Waals surface area contributed by atoms with Gasteiger partial charge in [0.25, 0.3) is 5.91 Å². The average molecular weight is 598 g/mol. The normalized spacial score (nSPS) is 17.3. The van der Waals surface area contributed by atoms with Gasteiger partial charge in [0.05, 0.1) is 42.0 Å². The maximum Gasteiger partial charge on any atom is 0.490 e. The smallest absolute Gasteiger partial charge is 0.475 e. The van der Waals surface area contributed by atoms with E-state index in [-0.39, 0.29) is 35.2 Å². The van der Waals surface area contributed by atoms with E-state index >= 15 is 0 Å². The maximum absolute atomic E-state index is 13.1. The van der Waals surface area contributed by atoms with Crippen LogP contribution >= 0.6 is 0 Å². The van der Waals surface area contributed by atoms with Gasteiger partial charge in [-0.1, -0.05) is 6.07 Å². The van der Waals surface area contributed by atoms with Crippen LogP contribution in [-0.4, -0.2) is 71.7 Å². The Hall–Kier alpha value is -4.27. The van der Waals surface area contributed by atoms with Gasteiger partial charge < -0.3 is 20.9 Å². The summed E-state index contributed by atoms with van der Waals surface area (Å²) in [7, 11) is -2.34. The molecular formula is C24H26F3N7O6S. The number of nitrogens with zero attached hydrogens (tertiary/aromatic N) is 4. The largest absolute Gasteiger partial charge is 0.490 e. The molecule has 1 aliphatic heterocycles. The Morgan fingerprint density at radius 3 is 2.56 bits per heavy atom. The number of halogens is 3. The van der Waals surface area contributed by atoms with Crippen molar-refractivity contribution in [2.75, 3.05) is 19.4 Å². The van der Waals surface area contributed by atoms with Crippen LogP contribution in [0.15, 0.2) is 35.5 Å². The minimum absolute atomic E-state index is 0.0856. The third-order valence-electron chi connectivity index (χ3n) is 6.03. The number of aliphatic carboxylic acids is 1. The maximum atomic E-state index is 13.1. The third kappa shape index (κ3) is 7.48. The average Bonchev–Trinajstić information content (AvgIpc) is 3.33. The number of carbonyl (C=O) groups is 2. The lowest BCUT2D eigenvalue weighted by atomic mass is 10.0. The van der Waals surface area contributed by atoms with E-state index in [0.717, 1.165) is 5.56 Å². The summed E-state index contributed by atoms with van der Waals surface area (Å²) in [4.78, 5) is 29.5. The molecule has 13 nitrogen and oxygen atoms in total. The van der Waals surface area contributed by atoms with Crippen molar-refractivity contribution in [3.05, 3.63) is 41.9 Å². The Morgan fingerprint density at radius 2 is 2.00 bits per heavy atom. The zero-order valence-electron chi connectivity index (χ0n) is 21.8. The number of carbonyl (C=O) groups excluding carboxylic acids is 1. The second-order valence-electron chi connectivity index (χ2n) is 8.92. The van der Waals surface area contributed by atoms with Crippen LogP contribution in [0, 0.1) is 18.3 Å². The number of hydrogen-bond donors (Lipinski definition) is 4. The molecule has 1 fully saturated rings. The Balaban J connectivity index is 0.000000587. The van der Waals surface area contributed by atoms with Crippen LogP contribution in [0.3, 0.4) is 0 Å². The van der Waals surface area contributed by atoms with Crippen molar-refractivity contribution in [3.8, 4) is 17.3 Å². The first-order valence-corrected chi connectivity index (χ1v) is 13.4. The van der Waals surface area contributed by atoms with Crippen LogP contribution in [0.4, 0.5) is 19.0 Å². The molecule has 17 heteroatoms. The summed E-state index contributed by atoms with van der Waals surface area (Å²) in [5, 5.41) is 18.4. The molecular weight excluding hydrogens is 571 g/mol. The summed E-state index contributed by atoms with van der Waals surface area (Å²) in [6.45, 7) is 2.07. The highest BCUT2D eigenvalue weighted by Gasteiger charge is 2.38. The second-order valence-corrected chi connectivity index (χ2v) is 10.6. The number of nitrogens with two attached hydrogens (primary N) is 1. The molecule has 1 saturated heterocycles. The van der Waals surface area contributed by atoms with Crippen molar-refractivity contribution in [3.63, 3.8) is 0 Å². The molecule has 0 radical (unpaired) electrons. The SMILES string of the molecule is CNC(=O)c1cn2c(-c3cc(S(=O)(=O)N[C@H]4CC[C@H](CC#N)OC4)ccc3C)cnc2c(N)n1.O=C(O)C(F)(F)F. The molecule has 4 rings (SSSR count). The van der Waals surface area contributed by atoms with E-state index in [1.807, 2.05) is 6.92 Å². The van der Waals surface area contributed by atoms with E-state index in [2.05, 4.69) is 26.1 Å². The van der Waals surface area contributed by atoms with Crippen LogP contribution in [0.2, 0.25) is 0 Å². The number of imidazole rings is 1. The number of alkyl halides is 3. The molecule has 1 aliphatic rings. The van der Waals surface area contributed by atoms with Gasteiger partial charge in [0.15, 0.2) is 11.5 Å². The van der Waals surface area contributed by atoms with Crippen molar-refractivity contribution < 1.29 is 41.0 Å². The fourth-order valence-corrected chi connectivity index (χ4v) is 5.22. The third-order valence-corrected chi connectivity index (χ3v) is 7.54. The van der Waals surface area contributed by atoms with Crippen molar-refractivity contribution in [2.45, 2.75) is 49.4 Å². The summed E-state index contributed by atoms with van der Waals surface area (Å²) < 4.78 is 67.9. The van der Waals surface area contributed by atoms with E-state index in [1.165, 1.54) is 13.2 Å². The van der Waals surface area contributed by atoms with Crippen molar-refractivity contribution >= 4 is 33.4 Å². The summed E-state index contributed by atoms with van der Waals surface area (Å²) in [6, 6.07) is 6.53. The van der Waals surface area contributed by atoms with Gasteiger partial charge in [0, 0.05) is 24.8 Å². The van der Waals surface area contributed by atoms with Gasteiger partial charge in [0.2, 0.25) is 10.0 Å². The molecule has 1 amide bonds. The minimum atomic E-state index is -5.08. The van der Waals surface area contributed by atoms with Gasteiger partial charge in [-0.15, -0.1) is 0 Å². The summed E-state index contributed by atoms with van der Waals surface area (Å²) >= 11 is 0. The molecule has 3 heterocycles. The number of amides is 1. The standard InChI is InChI=1S/C22H25N7O4S.C2HF3O2/c1-13-3-6-16(34(31,32)28-14-4-5-15(7-8-23)33-12-14)9-17(13)19-10-26-21-20(24)27-18(11-29(19)21)22(30)25-2;3-2(4,5)1(6)7/h3,6,9-11,14-15,28H,4-5,7,12H2,1-2H3,(H2,24,27)(H,25,30);(H,6,7)/t14-,15+;/m0./s1. The fraction of sp³-hybridized carbons (Fsp3) is 0.375. The number of carboxylic acids is 1. The number of ether oxygens (including phenoxy) is 1. The molecule has 0 spiro atoms. The Bertz CT molecular complexity index is 1590. The van der Waals surface area contributed by atoms with Gasteiger partial charge in [-0.05, 0) is 37.5 Å². The molecule has 0 aliphatic carbocycles. The number of fused-ring (bicyclic) bond motifs is 1. The van der Waals surface area contributed by atoms with E-state index in [0.29, 0.717) is 36.2 Å². The molecule has 220 valence electrons. The Kier molecular flexibility index (Phi) is 9.53. The van der Waals surface area contributed by atoms with E-state index in [4.69, 9.17) is 25.6 Å². The minimum Gasteiger partial charge on any atom is -0.475 e. The highest BCUT2D eigenvalue weighted by atomic mass is 32.2. The van der Waals surface area contributed by atoms with E-state index in [1.54, 1.807) is 28.8 Å². The number of anilines is 1. The number of hydrogen-bond acceptors (Lipinski definition) is 9. The number of sulfonamides is 1. The van der Waals surface area contributed by atoms with E-state index in [9.17, 15) is 26.4 Å². The van der Waals surface area contributed by atoms with E-state index < -0.39 is 28.1 Å². The van der Waals surface area contributed by atoms with Crippen molar-refractivity contribution in [2.24, 2.45) is 0 Å². The van der Waals surface area contributed by atoms with Gasteiger partial charge in [-0.25, -0.2) is 27.9 Å². The molecule has 1 aromatic carbocycles. The zero-order valence-corrected chi connectivity index (χ0v) is 22.6. The monoisotopic (exact) mass is 597 g/mol. The number of nitrogen functional groups attached to an aromatic ring is 1. The molecule has 0 bridgehead atoms. The predicted molar refractivity (Wildman–Crippen MR) is 138 cm³/mol. The molecule has 5 N–H and O–H groups in total. The lowest BCUT2D eigenvalue weighted by molar-refractivity contribution is -0.192. The van der Waals surface area contributed by atoms with Crippen LogP contribution in [0.5, 0.6) is 0 Å². The number of aryl methyl sites for hydroxylation is 1. The molecule has 3 aromatic rings. The van der Waals surface area contributed by atoms with Crippen molar-refractivity contribution in [1.29, 1.82) is 5.26 Å². The number of carboxylic acid groups (broad SMARTS) is 1. The van der Waals surface area contributed by atoms with Crippen LogP contribution in [0.25, 0.3) is 16.9 Å².